The molecular weight excluding hydrogens is 334 g/mol. The summed E-state index contributed by atoms with van der Waals surface area (Å²) in [7, 11) is 2.04. The molecule has 1 aliphatic rings. The molecule has 3 rings (SSSR count). The number of likely N-dealkylation sites (tertiary alicyclic amines) is 1. The van der Waals surface area contributed by atoms with Crippen LogP contribution in [0.5, 0.6) is 0 Å². The van der Waals surface area contributed by atoms with Crippen molar-refractivity contribution in [3.8, 4) is 0 Å². The predicted octanol–water partition coefficient (Wildman–Crippen LogP) is 4.41. The van der Waals surface area contributed by atoms with Gasteiger partial charge in [0.2, 0.25) is 0 Å². The van der Waals surface area contributed by atoms with Crippen LogP contribution < -0.4 is 4.90 Å². The number of unbranched alkanes of at least 4 members (excludes halogenated alkanes) is 1. The summed E-state index contributed by atoms with van der Waals surface area (Å²) in [6, 6.07) is 14.5. The lowest BCUT2D eigenvalue weighted by molar-refractivity contribution is 0.0690. The van der Waals surface area contributed by atoms with Gasteiger partial charge in [0.25, 0.3) is 5.91 Å². The molecule has 4 heteroatoms. The molecule has 1 aliphatic heterocycles. The first kappa shape index (κ1) is 19.4. The number of pyridine rings is 1. The highest BCUT2D eigenvalue weighted by molar-refractivity contribution is 5.94. The van der Waals surface area contributed by atoms with Crippen LogP contribution in [0.3, 0.4) is 0 Å². The first-order valence-corrected chi connectivity index (χ1v) is 10.2. The maximum absolute atomic E-state index is 12.9. The number of piperidine rings is 1. The van der Waals surface area contributed by atoms with Gasteiger partial charge in [-0.15, -0.1) is 0 Å². The smallest absolute Gasteiger partial charge is 0.254 e. The van der Waals surface area contributed by atoms with Crippen LogP contribution in [-0.2, 0) is 6.42 Å². The number of carbonyl (C=O) groups is 1. The van der Waals surface area contributed by atoms with Crippen molar-refractivity contribution in [3.63, 3.8) is 0 Å². The molecule has 4 nitrogen and oxygen atoms in total. The Hall–Kier alpha value is -2.36. The fourth-order valence-electron chi connectivity index (χ4n) is 3.74. The minimum absolute atomic E-state index is 0.140. The van der Waals surface area contributed by atoms with Gasteiger partial charge in [-0.05, 0) is 49.3 Å². The van der Waals surface area contributed by atoms with E-state index in [-0.39, 0.29) is 5.91 Å². The average molecular weight is 366 g/mol. The average Bonchev–Trinajstić information content (AvgIpc) is 2.73. The molecule has 1 amide bonds. The molecule has 1 aromatic heterocycles. The number of amides is 1. The molecule has 2 aromatic rings. The minimum atomic E-state index is 0.140. The van der Waals surface area contributed by atoms with Gasteiger partial charge in [0.05, 0.1) is 0 Å². The lowest BCUT2D eigenvalue weighted by Crippen LogP contribution is -2.39. The largest absolute Gasteiger partial charge is 0.360 e. The van der Waals surface area contributed by atoms with Gasteiger partial charge in [-0.3, -0.25) is 4.79 Å². The summed E-state index contributed by atoms with van der Waals surface area (Å²) in [4.78, 5) is 21.5. The van der Waals surface area contributed by atoms with Gasteiger partial charge in [0, 0.05) is 38.4 Å². The molecule has 0 atom stereocenters. The third-order valence-corrected chi connectivity index (χ3v) is 5.50. The maximum atomic E-state index is 12.9. The zero-order valence-electron chi connectivity index (χ0n) is 16.6. The van der Waals surface area contributed by atoms with Gasteiger partial charge in [-0.2, -0.15) is 0 Å². The van der Waals surface area contributed by atoms with Gasteiger partial charge in [0.15, 0.2) is 0 Å². The van der Waals surface area contributed by atoms with Crippen LogP contribution in [0.4, 0.5) is 5.82 Å². The molecule has 1 saturated heterocycles. The van der Waals surface area contributed by atoms with Crippen molar-refractivity contribution in [2.24, 2.45) is 5.92 Å². The Kier molecular flexibility index (Phi) is 6.86. The summed E-state index contributed by atoms with van der Waals surface area (Å²) in [6.45, 7) is 4.84. The molecule has 144 valence electrons. The van der Waals surface area contributed by atoms with E-state index < -0.39 is 0 Å². The van der Waals surface area contributed by atoms with E-state index in [0.717, 1.165) is 63.1 Å². The van der Waals surface area contributed by atoms with E-state index in [1.54, 1.807) is 6.20 Å². The summed E-state index contributed by atoms with van der Waals surface area (Å²) < 4.78 is 0. The van der Waals surface area contributed by atoms with Gasteiger partial charge in [0.1, 0.15) is 5.82 Å². The monoisotopic (exact) mass is 365 g/mol. The van der Waals surface area contributed by atoms with Crippen molar-refractivity contribution < 1.29 is 4.79 Å². The third-order valence-electron chi connectivity index (χ3n) is 5.50. The van der Waals surface area contributed by atoms with Crippen LogP contribution in [0.15, 0.2) is 48.7 Å². The Bertz CT molecular complexity index is 723. The molecule has 2 heterocycles. The Morgan fingerprint density at radius 3 is 2.63 bits per heavy atom. The summed E-state index contributed by atoms with van der Waals surface area (Å²) in [5.74, 6) is 1.69. The SMILES string of the molecule is CCCCN(C)c1cc(C(=O)N2CCC(Cc3ccccc3)CC2)ccn1. The minimum Gasteiger partial charge on any atom is -0.360 e. The van der Waals surface area contributed by atoms with Crippen molar-refractivity contribution in [1.29, 1.82) is 0 Å². The number of anilines is 1. The van der Waals surface area contributed by atoms with Crippen molar-refractivity contribution in [2.75, 3.05) is 31.6 Å². The van der Waals surface area contributed by atoms with E-state index in [9.17, 15) is 4.79 Å². The maximum Gasteiger partial charge on any atom is 0.254 e. The fourth-order valence-corrected chi connectivity index (χ4v) is 3.74. The van der Waals surface area contributed by atoms with Gasteiger partial charge in [-0.25, -0.2) is 4.98 Å². The van der Waals surface area contributed by atoms with Crippen molar-refractivity contribution in [3.05, 3.63) is 59.8 Å². The van der Waals surface area contributed by atoms with Gasteiger partial charge in [-0.1, -0.05) is 43.7 Å². The molecule has 27 heavy (non-hydrogen) atoms. The summed E-state index contributed by atoms with van der Waals surface area (Å²) in [5, 5.41) is 0. The van der Waals surface area contributed by atoms with E-state index in [2.05, 4.69) is 47.1 Å². The van der Waals surface area contributed by atoms with Crippen molar-refractivity contribution in [1.82, 2.24) is 9.88 Å². The molecule has 1 fully saturated rings. The zero-order chi connectivity index (χ0) is 19.1. The van der Waals surface area contributed by atoms with Crippen molar-refractivity contribution >= 4 is 11.7 Å². The highest BCUT2D eigenvalue weighted by Gasteiger charge is 2.24. The highest BCUT2D eigenvalue weighted by Crippen LogP contribution is 2.23. The third kappa shape index (κ3) is 5.31. The second kappa shape index (κ2) is 9.54. The summed E-state index contributed by atoms with van der Waals surface area (Å²) in [5.41, 5.74) is 2.15. The highest BCUT2D eigenvalue weighted by atomic mass is 16.2. The molecule has 1 aromatic carbocycles. The topological polar surface area (TPSA) is 36.4 Å². The van der Waals surface area contributed by atoms with E-state index in [0.29, 0.717) is 5.92 Å². The second-order valence-corrected chi connectivity index (χ2v) is 7.60. The first-order valence-electron chi connectivity index (χ1n) is 10.2. The number of carbonyl (C=O) groups excluding carboxylic acids is 1. The molecule has 0 spiro atoms. The van der Waals surface area contributed by atoms with Crippen LogP contribution in [0, 0.1) is 5.92 Å². The molecule has 0 aliphatic carbocycles. The lowest BCUT2D eigenvalue weighted by atomic mass is 9.90. The first-order chi connectivity index (χ1) is 13.2. The van der Waals surface area contributed by atoms with E-state index in [1.807, 2.05) is 24.1 Å². The standard InChI is InChI=1S/C23H31N3O/c1-3-4-14-25(2)22-18-21(10-13-24-22)23(27)26-15-11-20(12-16-26)17-19-8-6-5-7-9-19/h5-10,13,18,20H,3-4,11-12,14-17H2,1-2H3. The zero-order valence-corrected chi connectivity index (χ0v) is 16.6. The normalized spacial score (nSPS) is 15.0. The molecule has 0 unspecified atom stereocenters. The van der Waals surface area contributed by atoms with E-state index in [1.165, 1.54) is 5.56 Å². The molecule has 0 radical (unpaired) electrons. The van der Waals surface area contributed by atoms with Crippen LogP contribution in [0.25, 0.3) is 0 Å². The summed E-state index contributed by atoms with van der Waals surface area (Å²) >= 11 is 0. The second-order valence-electron chi connectivity index (χ2n) is 7.60. The Labute approximate surface area is 163 Å². The number of hydrogen-bond acceptors (Lipinski definition) is 3. The van der Waals surface area contributed by atoms with Gasteiger partial charge < -0.3 is 9.80 Å². The van der Waals surface area contributed by atoms with E-state index in [4.69, 9.17) is 0 Å². The number of benzene rings is 1. The number of rotatable bonds is 7. The van der Waals surface area contributed by atoms with Crippen molar-refractivity contribution in [2.45, 2.75) is 39.0 Å². The van der Waals surface area contributed by atoms with Crippen LogP contribution in [0.1, 0.15) is 48.5 Å². The van der Waals surface area contributed by atoms with Gasteiger partial charge >= 0.3 is 0 Å². The Balaban J connectivity index is 1.56. The molecular formula is C23H31N3O. The Morgan fingerprint density at radius 2 is 1.93 bits per heavy atom. The lowest BCUT2D eigenvalue weighted by Gasteiger charge is -2.32. The number of aromatic nitrogens is 1. The number of nitrogens with zero attached hydrogens (tertiary/aromatic N) is 3. The van der Waals surface area contributed by atoms with E-state index >= 15 is 0 Å². The molecule has 0 bridgehead atoms. The predicted molar refractivity (Wildman–Crippen MR) is 111 cm³/mol. The molecule has 0 N–H and O–H groups in total. The molecule has 0 saturated carbocycles. The quantitative estimate of drug-likeness (QED) is 0.729. The Morgan fingerprint density at radius 1 is 1.19 bits per heavy atom. The van der Waals surface area contributed by atoms with Crippen LogP contribution in [0.2, 0.25) is 0 Å². The van der Waals surface area contributed by atoms with Crippen LogP contribution in [-0.4, -0.2) is 42.5 Å². The number of hydrogen-bond donors (Lipinski definition) is 0. The van der Waals surface area contributed by atoms with Crippen LogP contribution >= 0.6 is 0 Å². The fraction of sp³-hybridized carbons (Fsp3) is 0.478. The summed E-state index contributed by atoms with van der Waals surface area (Å²) in [6.07, 6.45) is 7.31.